The molecule has 1 amide bonds. The summed E-state index contributed by atoms with van der Waals surface area (Å²) in [6, 6.07) is 3.57. The maximum Gasteiger partial charge on any atom is 0.270 e. The number of hydrogen-bond donors (Lipinski definition) is 2. The van der Waals surface area contributed by atoms with Gasteiger partial charge in [-0.3, -0.25) is 24.4 Å². The predicted octanol–water partition coefficient (Wildman–Crippen LogP) is 0.131. The quantitative estimate of drug-likeness (QED) is 0.618. The maximum atomic E-state index is 12.6. The van der Waals surface area contributed by atoms with Gasteiger partial charge in [-0.25, -0.2) is 0 Å². The van der Waals surface area contributed by atoms with Crippen LogP contribution in [0.4, 0.5) is 0 Å². The molecule has 2 N–H and O–H groups in total. The van der Waals surface area contributed by atoms with E-state index >= 15 is 0 Å². The molecule has 28 heavy (non-hydrogen) atoms. The fraction of sp³-hybridized carbons (Fsp3) is 0.389. The number of hydrogen-bond acceptors (Lipinski definition) is 7. The lowest BCUT2D eigenvalue weighted by Gasteiger charge is -2.26. The number of nitrogens with one attached hydrogen (secondary N) is 1. The lowest BCUT2D eigenvalue weighted by atomic mass is 10.1. The number of aryl methyl sites for hydroxylation is 1. The van der Waals surface area contributed by atoms with Crippen LogP contribution in [0.5, 0.6) is 0 Å². The predicted molar refractivity (Wildman–Crippen MR) is 97.1 cm³/mol. The minimum Gasteiger partial charge on any atom is -0.394 e. The molecule has 0 spiro atoms. The van der Waals surface area contributed by atoms with Crippen molar-refractivity contribution in [3.05, 3.63) is 52.0 Å². The Balaban J connectivity index is 1.37. The van der Waals surface area contributed by atoms with Crippen LogP contribution in [0.3, 0.4) is 0 Å². The molecule has 1 aliphatic heterocycles. The van der Waals surface area contributed by atoms with Crippen molar-refractivity contribution in [1.82, 2.24) is 29.8 Å². The molecule has 4 heterocycles. The number of aliphatic hydroxyl groups is 1. The number of pyridine rings is 1. The number of fused-ring (bicyclic) bond motifs is 1. The molecule has 0 radical (unpaired) electrons. The summed E-state index contributed by atoms with van der Waals surface area (Å²) >= 11 is 0. The van der Waals surface area contributed by atoms with Gasteiger partial charge in [0.2, 0.25) is 17.6 Å². The van der Waals surface area contributed by atoms with Crippen molar-refractivity contribution < 1.29 is 14.4 Å². The highest BCUT2D eigenvalue weighted by molar-refractivity contribution is 5.76. The van der Waals surface area contributed by atoms with Crippen molar-refractivity contribution in [1.29, 1.82) is 0 Å². The Morgan fingerprint density at radius 2 is 2.14 bits per heavy atom. The summed E-state index contributed by atoms with van der Waals surface area (Å²) in [6.45, 7) is 0.947. The van der Waals surface area contributed by atoms with Crippen molar-refractivity contribution in [3.8, 4) is 11.4 Å². The molecule has 0 saturated heterocycles. The van der Waals surface area contributed by atoms with E-state index in [4.69, 9.17) is 9.63 Å². The third kappa shape index (κ3) is 3.58. The average molecular weight is 384 g/mol. The van der Waals surface area contributed by atoms with Gasteiger partial charge in [0.25, 0.3) is 5.56 Å². The third-order valence-corrected chi connectivity index (χ3v) is 4.75. The molecule has 146 valence electrons. The molecule has 0 fully saturated rings. The molecule has 0 bridgehead atoms. The second-order valence-corrected chi connectivity index (χ2v) is 6.56. The average Bonchev–Trinajstić information content (AvgIpc) is 3.32. The highest BCUT2D eigenvalue weighted by Gasteiger charge is 2.25. The second-order valence-electron chi connectivity index (χ2n) is 6.56. The molecule has 0 atom stereocenters. The van der Waals surface area contributed by atoms with E-state index in [1.165, 1.54) is 4.68 Å². The van der Waals surface area contributed by atoms with E-state index in [1.54, 1.807) is 29.4 Å². The van der Waals surface area contributed by atoms with Gasteiger partial charge in [0.1, 0.15) is 0 Å². The van der Waals surface area contributed by atoms with Gasteiger partial charge in [0.05, 0.1) is 25.4 Å². The molecule has 10 nitrogen and oxygen atoms in total. The number of aromatic nitrogens is 5. The van der Waals surface area contributed by atoms with Gasteiger partial charge in [0.15, 0.2) is 0 Å². The SMILES string of the molecule is O=C(CCc1nc(-c2ccncc2)no1)N1CCc2c([nH]n(CCO)c2=O)C1. The molecule has 1 aliphatic rings. The number of carbonyl (C=O) groups is 1. The van der Waals surface area contributed by atoms with E-state index < -0.39 is 0 Å². The van der Waals surface area contributed by atoms with Gasteiger partial charge in [-0.05, 0) is 18.6 Å². The zero-order chi connectivity index (χ0) is 19.5. The normalized spacial score (nSPS) is 13.5. The first-order chi connectivity index (χ1) is 13.7. The van der Waals surface area contributed by atoms with Crippen molar-refractivity contribution in [2.24, 2.45) is 0 Å². The standard InChI is InChI=1S/C18H20N6O4/c25-10-9-24-18(27)13-5-8-23(11-14(13)21-24)16(26)2-1-15-20-17(22-28-15)12-3-6-19-7-4-12/h3-4,6-7,21,25H,1-2,5,8-11H2. The molecule has 3 aromatic heterocycles. The first-order valence-electron chi connectivity index (χ1n) is 9.08. The number of nitrogens with zero attached hydrogens (tertiary/aromatic N) is 5. The molecule has 0 saturated carbocycles. The van der Waals surface area contributed by atoms with Crippen molar-refractivity contribution >= 4 is 5.91 Å². The zero-order valence-corrected chi connectivity index (χ0v) is 15.2. The summed E-state index contributed by atoms with van der Waals surface area (Å²) < 4.78 is 6.62. The van der Waals surface area contributed by atoms with Crippen LogP contribution in [0.2, 0.25) is 0 Å². The summed E-state index contributed by atoms with van der Waals surface area (Å²) in [7, 11) is 0. The lowest BCUT2D eigenvalue weighted by molar-refractivity contribution is -0.132. The Bertz CT molecular complexity index is 1020. The molecule has 0 aliphatic carbocycles. The van der Waals surface area contributed by atoms with Gasteiger partial charge in [0, 0.05) is 42.9 Å². The van der Waals surface area contributed by atoms with Crippen molar-refractivity contribution in [3.63, 3.8) is 0 Å². The van der Waals surface area contributed by atoms with Gasteiger partial charge in [-0.2, -0.15) is 4.98 Å². The van der Waals surface area contributed by atoms with E-state index in [-0.39, 0.29) is 31.0 Å². The zero-order valence-electron chi connectivity index (χ0n) is 15.2. The number of carbonyl (C=O) groups excluding carboxylic acids is 1. The van der Waals surface area contributed by atoms with Crippen LogP contribution in [0.25, 0.3) is 11.4 Å². The summed E-state index contributed by atoms with van der Waals surface area (Å²) in [6.07, 6.45) is 4.40. The molecule has 0 aromatic carbocycles. The third-order valence-electron chi connectivity index (χ3n) is 4.75. The van der Waals surface area contributed by atoms with Gasteiger partial charge >= 0.3 is 0 Å². The van der Waals surface area contributed by atoms with Crippen LogP contribution < -0.4 is 5.56 Å². The smallest absolute Gasteiger partial charge is 0.270 e. The van der Waals surface area contributed by atoms with Crippen molar-refractivity contribution in [2.75, 3.05) is 13.2 Å². The number of rotatable bonds is 6. The summed E-state index contributed by atoms with van der Waals surface area (Å²) in [5.41, 5.74) is 2.11. The minimum absolute atomic E-state index is 0.0370. The van der Waals surface area contributed by atoms with Crippen LogP contribution in [0, 0.1) is 0 Å². The van der Waals surface area contributed by atoms with Crippen LogP contribution in [0.1, 0.15) is 23.6 Å². The fourth-order valence-corrected chi connectivity index (χ4v) is 3.30. The Kier molecular flexibility index (Phi) is 5.02. The first kappa shape index (κ1) is 18.1. The van der Waals surface area contributed by atoms with Crippen LogP contribution in [-0.4, -0.2) is 54.0 Å². The van der Waals surface area contributed by atoms with Crippen LogP contribution in [-0.2, 0) is 30.7 Å². The molecule has 10 heteroatoms. The Morgan fingerprint density at radius 1 is 1.32 bits per heavy atom. The minimum atomic E-state index is -0.120. The monoisotopic (exact) mass is 384 g/mol. The number of H-pyrrole nitrogens is 1. The van der Waals surface area contributed by atoms with Gasteiger partial charge < -0.3 is 14.5 Å². The van der Waals surface area contributed by atoms with Crippen LogP contribution >= 0.6 is 0 Å². The van der Waals surface area contributed by atoms with Crippen molar-refractivity contribution in [2.45, 2.75) is 32.4 Å². The van der Waals surface area contributed by atoms with Gasteiger partial charge in [-0.1, -0.05) is 5.16 Å². The Hall–Kier alpha value is -3.27. The summed E-state index contributed by atoms with van der Waals surface area (Å²) in [5.74, 6) is 0.834. The fourth-order valence-electron chi connectivity index (χ4n) is 3.30. The Morgan fingerprint density at radius 3 is 2.93 bits per heavy atom. The number of aliphatic hydroxyl groups excluding tert-OH is 1. The molecule has 3 aromatic rings. The first-order valence-corrected chi connectivity index (χ1v) is 9.08. The van der Waals surface area contributed by atoms with Crippen LogP contribution in [0.15, 0.2) is 33.8 Å². The highest BCUT2D eigenvalue weighted by atomic mass is 16.5. The van der Waals surface area contributed by atoms with E-state index in [1.807, 2.05) is 0 Å². The molecular weight excluding hydrogens is 364 g/mol. The summed E-state index contributed by atoms with van der Waals surface area (Å²) in [5, 5.41) is 16.0. The van der Waals surface area contributed by atoms with E-state index in [0.29, 0.717) is 43.2 Å². The molecule has 0 unspecified atom stereocenters. The summed E-state index contributed by atoms with van der Waals surface area (Å²) in [4.78, 5) is 34.7. The largest absolute Gasteiger partial charge is 0.394 e. The van der Waals surface area contributed by atoms with E-state index in [0.717, 1.165) is 11.3 Å². The maximum absolute atomic E-state index is 12.6. The number of aromatic amines is 1. The Labute approximate surface area is 159 Å². The topological polar surface area (TPSA) is 130 Å². The second kappa shape index (κ2) is 7.77. The van der Waals surface area contributed by atoms with E-state index in [2.05, 4.69) is 20.2 Å². The van der Waals surface area contributed by atoms with Gasteiger partial charge in [-0.15, -0.1) is 0 Å². The molecule has 4 rings (SSSR count). The van der Waals surface area contributed by atoms with E-state index in [9.17, 15) is 9.59 Å². The molecular formula is C18H20N6O4. The lowest BCUT2D eigenvalue weighted by Crippen LogP contribution is -2.37. The highest BCUT2D eigenvalue weighted by Crippen LogP contribution is 2.17. The number of amides is 1.